The number of nitrogens with zero attached hydrogens (tertiary/aromatic N) is 2. The van der Waals surface area contributed by atoms with Crippen LogP contribution in [0.25, 0.3) is 0 Å². The molecule has 0 aromatic heterocycles. The largest absolute Gasteiger partial charge is 0.467 e. The second-order valence-corrected chi connectivity index (χ2v) is 13.9. The fourth-order valence-corrected chi connectivity index (χ4v) is 6.90. The van der Waals surface area contributed by atoms with Crippen molar-refractivity contribution in [3.8, 4) is 0 Å². The number of rotatable bonds is 3. The van der Waals surface area contributed by atoms with E-state index in [1.54, 1.807) is 32.9 Å². The van der Waals surface area contributed by atoms with Crippen LogP contribution >= 0.6 is 0 Å². The number of esters is 1. The lowest BCUT2D eigenvalue weighted by molar-refractivity contribution is -0.148. The van der Waals surface area contributed by atoms with Crippen LogP contribution in [0.15, 0.2) is 18.2 Å². The summed E-state index contributed by atoms with van der Waals surface area (Å²) in [5, 5.41) is 5.60. The normalized spacial score (nSPS) is 28.5. The van der Waals surface area contributed by atoms with E-state index in [0.717, 1.165) is 32.1 Å². The first kappa shape index (κ1) is 33.5. The van der Waals surface area contributed by atoms with Crippen LogP contribution < -0.4 is 10.6 Å². The van der Waals surface area contributed by atoms with Gasteiger partial charge in [-0.25, -0.2) is 18.8 Å². The summed E-state index contributed by atoms with van der Waals surface area (Å²) in [6.07, 6.45) is 3.47. The molecule has 2 N–H and O–H groups in total. The van der Waals surface area contributed by atoms with Crippen molar-refractivity contribution >= 4 is 30.0 Å². The highest BCUT2D eigenvalue weighted by atomic mass is 19.1. The van der Waals surface area contributed by atoms with E-state index < -0.39 is 65.1 Å². The first-order chi connectivity index (χ1) is 21.8. The van der Waals surface area contributed by atoms with Gasteiger partial charge in [-0.15, -0.1) is 0 Å². The van der Waals surface area contributed by atoms with Gasteiger partial charge < -0.3 is 29.7 Å². The van der Waals surface area contributed by atoms with Crippen LogP contribution in [0.1, 0.15) is 89.7 Å². The maximum absolute atomic E-state index is 14.3. The zero-order valence-electron chi connectivity index (χ0n) is 27.1. The van der Waals surface area contributed by atoms with Gasteiger partial charge >= 0.3 is 18.2 Å². The summed E-state index contributed by atoms with van der Waals surface area (Å²) in [6.45, 7) is 5.29. The van der Waals surface area contributed by atoms with Gasteiger partial charge in [0.25, 0.3) is 0 Å². The average molecular weight is 645 g/mol. The molecule has 5 unspecified atom stereocenters. The van der Waals surface area contributed by atoms with Crippen molar-refractivity contribution in [3.63, 3.8) is 0 Å². The number of alkyl carbamates (subject to hydrolysis) is 1. The number of methoxy groups -OCH3 is 1. The number of fused-ring (bicyclic) bond motifs is 3. The minimum atomic E-state index is -1.17. The van der Waals surface area contributed by atoms with Crippen LogP contribution in [0.2, 0.25) is 0 Å². The third kappa shape index (κ3) is 7.39. The Morgan fingerprint density at radius 1 is 1.04 bits per heavy atom. The van der Waals surface area contributed by atoms with E-state index in [1.165, 1.54) is 23.0 Å². The van der Waals surface area contributed by atoms with Crippen molar-refractivity contribution in [2.45, 2.75) is 121 Å². The Morgan fingerprint density at radius 2 is 1.76 bits per heavy atom. The minimum absolute atomic E-state index is 0.0143. The first-order valence-electron chi connectivity index (χ1n) is 16.2. The highest BCUT2D eigenvalue weighted by Crippen LogP contribution is 2.48. The summed E-state index contributed by atoms with van der Waals surface area (Å²) in [6, 6.07) is 2.62. The topological polar surface area (TPSA) is 144 Å². The van der Waals surface area contributed by atoms with Crippen molar-refractivity contribution in [2.75, 3.05) is 13.7 Å². The molecule has 0 radical (unpaired) electrons. The predicted molar refractivity (Wildman–Crippen MR) is 163 cm³/mol. The van der Waals surface area contributed by atoms with Gasteiger partial charge in [-0.1, -0.05) is 44.2 Å². The standard InChI is InChI=1S/C33H45FN4O8/c1-32(2,3)46-30(42)35-25-14-9-7-5-6-8-12-21-16-33(21,29(41)44-4)36-27(39)26-15-22(18-38(26)28(25)40)45-31(43)37-17-20-11-10-13-24(34)23(20)19-37/h10-11,13,21-22,25-26H,5-9,12,14-19H2,1-4H3,(H,35,42)(H,36,39). The fourth-order valence-electron chi connectivity index (χ4n) is 6.90. The minimum Gasteiger partial charge on any atom is -0.467 e. The summed E-state index contributed by atoms with van der Waals surface area (Å²) in [5.41, 5.74) is -0.844. The van der Waals surface area contributed by atoms with E-state index in [2.05, 4.69) is 10.6 Å². The lowest BCUT2D eigenvalue weighted by Crippen LogP contribution is -2.56. The molecule has 46 heavy (non-hydrogen) atoms. The summed E-state index contributed by atoms with van der Waals surface area (Å²) in [5.74, 6) is -2.06. The van der Waals surface area contributed by atoms with Gasteiger partial charge in [-0.05, 0) is 57.6 Å². The van der Waals surface area contributed by atoms with Crippen molar-refractivity contribution in [2.24, 2.45) is 5.92 Å². The summed E-state index contributed by atoms with van der Waals surface area (Å²) >= 11 is 0. The molecule has 1 aromatic carbocycles. The summed E-state index contributed by atoms with van der Waals surface area (Å²) < 4.78 is 30.6. The molecule has 4 aliphatic rings. The molecule has 2 saturated heterocycles. The molecule has 252 valence electrons. The Hall–Kier alpha value is -3.90. The molecule has 4 amide bonds. The Bertz CT molecular complexity index is 1370. The molecule has 3 fully saturated rings. The van der Waals surface area contributed by atoms with E-state index >= 15 is 0 Å². The third-order valence-corrected chi connectivity index (χ3v) is 9.34. The second-order valence-electron chi connectivity index (χ2n) is 13.9. The highest BCUT2D eigenvalue weighted by molar-refractivity contribution is 5.96. The Morgan fingerprint density at radius 3 is 2.46 bits per heavy atom. The van der Waals surface area contributed by atoms with Crippen molar-refractivity contribution in [1.29, 1.82) is 0 Å². The number of benzene rings is 1. The number of nitrogens with one attached hydrogen (secondary N) is 2. The predicted octanol–water partition coefficient (Wildman–Crippen LogP) is 3.93. The fraction of sp³-hybridized carbons (Fsp3) is 0.667. The van der Waals surface area contributed by atoms with E-state index in [1.807, 2.05) is 0 Å². The number of carbonyl (C=O) groups is 5. The van der Waals surface area contributed by atoms with E-state index in [-0.39, 0.29) is 32.0 Å². The number of ether oxygens (including phenoxy) is 3. The van der Waals surface area contributed by atoms with Gasteiger partial charge in [-0.3, -0.25) is 14.5 Å². The third-order valence-electron chi connectivity index (χ3n) is 9.34. The van der Waals surface area contributed by atoms with Gasteiger partial charge in [0.05, 0.1) is 20.2 Å². The first-order valence-corrected chi connectivity index (χ1v) is 16.2. The van der Waals surface area contributed by atoms with Crippen LogP contribution in [0.4, 0.5) is 14.0 Å². The van der Waals surface area contributed by atoms with Crippen LogP contribution in [0.3, 0.4) is 0 Å². The lowest BCUT2D eigenvalue weighted by atomic mass is 10.0. The second kappa shape index (κ2) is 13.4. The van der Waals surface area contributed by atoms with Crippen molar-refractivity contribution < 1.29 is 42.6 Å². The monoisotopic (exact) mass is 644 g/mol. The molecule has 1 aliphatic carbocycles. The van der Waals surface area contributed by atoms with E-state index in [4.69, 9.17) is 14.2 Å². The number of carbonyl (C=O) groups excluding carboxylic acids is 5. The molecule has 0 spiro atoms. The summed E-state index contributed by atoms with van der Waals surface area (Å²) in [7, 11) is 1.28. The Labute approximate surface area is 268 Å². The molecule has 1 saturated carbocycles. The Balaban J connectivity index is 1.37. The van der Waals surface area contributed by atoms with Crippen LogP contribution in [-0.4, -0.2) is 82.8 Å². The van der Waals surface area contributed by atoms with Crippen LogP contribution in [-0.2, 0) is 41.7 Å². The van der Waals surface area contributed by atoms with Crippen molar-refractivity contribution in [1.82, 2.24) is 20.4 Å². The SMILES string of the molecule is COC(=O)C12CC1CCCCCCCC(NC(=O)OC(C)(C)C)C(=O)N1CC(OC(=O)N3Cc4cccc(F)c4C3)CC1C(=O)N2. The number of amides is 4. The van der Waals surface area contributed by atoms with Crippen molar-refractivity contribution in [3.05, 3.63) is 35.1 Å². The number of hydrogen-bond donors (Lipinski definition) is 2. The molecular formula is C33H45FN4O8. The smallest absolute Gasteiger partial charge is 0.410 e. The lowest BCUT2D eigenvalue weighted by Gasteiger charge is -2.30. The van der Waals surface area contributed by atoms with Crippen LogP contribution in [0, 0.1) is 11.7 Å². The number of hydrogen-bond acceptors (Lipinski definition) is 8. The van der Waals surface area contributed by atoms with Gasteiger partial charge in [-0.2, -0.15) is 0 Å². The molecule has 1 aromatic rings. The molecule has 5 rings (SSSR count). The van der Waals surface area contributed by atoms with Gasteiger partial charge in [0, 0.05) is 18.5 Å². The van der Waals surface area contributed by atoms with Gasteiger partial charge in [0.15, 0.2) is 0 Å². The maximum Gasteiger partial charge on any atom is 0.410 e. The van der Waals surface area contributed by atoms with Gasteiger partial charge in [0.1, 0.15) is 35.1 Å². The Kier molecular flexibility index (Phi) is 9.78. The molecule has 5 atom stereocenters. The molecule has 12 nitrogen and oxygen atoms in total. The van der Waals surface area contributed by atoms with E-state index in [0.29, 0.717) is 30.4 Å². The molecular weight excluding hydrogens is 599 g/mol. The maximum atomic E-state index is 14.3. The quantitative estimate of drug-likeness (QED) is 0.372. The zero-order chi connectivity index (χ0) is 33.2. The zero-order valence-corrected chi connectivity index (χ0v) is 27.1. The molecule has 0 bridgehead atoms. The summed E-state index contributed by atoms with van der Waals surface area (Å²) in [4.78, 5) is 69.7. The van der Waals surface area contributed by atoms with Gasteiger partial charge in [0.2, 0.25) is 11.8 Å². The average Bonchev–Trinajstić information content (AvgIpc) is 3.29. The number of halogens is 1. The molecule has 3 heterocycles. The van der Waals surface area contributed by atoms with E-state index in [9.17, 15) is 28.4 Å². The highest BCUT2D eigenvalue weighted by Gasteiger charge is 2.62. The molecule has 3 aliphatic heterocycles. The van der Waals surface area contributed by atoms with Crippen LogP contribution in [0.5, 0.6) is 0 Å². The molecule has 13 heteroatoms.